The van der Waals surface area contributed by atoms with E-state index in [1.165, 1.54) is 0 Å². The smallest absolute Gasteiger partial charge is 0.193 e. The molecule has 24 heavy (non-hydrogen) atoms. The highest BCUT2D eigenvalue weighted by Crippen LogP contribution is 2.33. The van der Waals surface area contributed by atoms with Crippen molar-refractivity contribution in [2.24, 2.45) is 0 Å². The standard InChI is InChI=1S/C20H15NO3/c1-2-9-24-16-7-8-17-15(10-16)11-18(20(17)23)19(22)14-5-3-13(12-21)4-6-14/h2-8,10,22H,1,9,11H2/b19-18-. The Bertz CT molecular complexity index is 886. The van der Waals surface area contributed by atoms with E-state index < -0.39 is 0 Å². The Morgan fingerprint density at radius 1 is 1.29 bits per heavy atom. The van der Waals surface area contributed by atoms with Crippen LogP contribution < -0.4 is 4.74 Å². The second kappa shape index (κ2) is 6.43. The number of ether oxygens (including phenoxy) is 1. The fraction of sp³-hybridized carbons (Fsp3) is 0.100. The lowest BCUT2D eigenvalue weighted by Crippen LogP contribution is -2.00. The van der Waals surface area contributed by atoms with Crippen molar-refractivity contribution in [1.29, 1.82) is 5.26 Å². The van der Waals surface area contributed by atoms with Crippen molar-refractivity contribution in [2.45, 2.75) is 6.42 Å². The number of rotatable bonds is 4. The summed E-state index contributed by atoms with van der Waals surface area (Å²) >= 11 is 0. The Morgan fingerprint density at radius 3 is 2.71 bits per heavy atom. The lowest BCUT2D eigenvalue weighted by atomic mass is 10.0. The van der Waals surface area contributed by atoms with E-state index in [2.05, 4.69) is 6.58 Å². The number of carbonyl (C=O) groups excluding carboxylic acids is 1. The van der Waals surface area contributed by atoms with Crippen LogP contribution >= 0.6 is 0 Å². The van der Waals surface area contributed by atoms with Crippen LogP contribution in [0.3, 0.4) is 0 Å². The number of nitriles is 1. The Labute approximate surface area is 139 Å². The quantitative estimate of drug-likeness (QED) is 0.528. The summed E-state index contributed by atoms with van der Waals surface area (Å²) < 4.78 is 5.48. The number of Topliss-reactive ketones (excluding diaryl/α,β-unsaturated/α-hetero) is 1. The van der Waals surface area contributed by atoms with Crippen molar-refractivity contribution < 1.29 is 14.6 Å². The zero-order valence-electron chi connectivity index (χ0n) is 13.0. The van der Waals surface area contributed by atoms with E-state index in [-0.39, 0.29) is 11.5 Å². The molecular formula is C20H15NO3. The summed E-state index contributed by atoms with van der Waals surface area (Å²) in [6.07, 6.45) is 2.01. The minimum atomic E-state index is -0.179. The fourth-order valence-electron chi connectivity index (χ4n) is 2.68. The fourth-order valence-corrected chi connectivity index (χ4v) is 2.68. The summed E-state index contributed by atoms with van der Waals surface area (Å²) in [5.41, 5.74) is 2.79. The minimum Gasteiger partial charge on any atom is -0.507 e. The van der Waals surface area contributed by atoms with Gasteiger partial charge in [0, 0.05) is 23.1 Å². The van der Waals surface area contributed by atoms with E-state index in [0.29, 0.717) is 41.0 Å². The van der Waals surface area contributed by atoms with Crippen LogP contribution in [0, 0.1) is 11.3 Å². The third kappa shape index (κ3) is 2.80. The Balaban J connectivity index is 1.93. The molecule has 0 aromatic heterocycles. The van der Waals surface area contributed by atoms with Gasteiger partial charge in [0.1, 0.15) is 18.1 Å². The van der Waals surface area contributed by atoms with Crippen LogP contribution in [-0.2, 0) is 6.42 Å². The Hall–Kier alpha value is -3.32. The zero-order chi connectivity index (χ0) is 17.1. The molecule has 118 valence electrons. The molecule has 4 nitrogen and oxygen atoms in total. The third-order valence-corrected chi connectivity index (χ3v) is 3.90. The van der Waals surface area contributed by atoms with Gasteiger partial charge in [0.05, 0.1) is 11.6 Å². The van der Waals surface area contributed by atoms with Crippen molar-refractivity contribution in [1.82, 2.24) is 0 Å². The van der Waals surface area contributed by atoms with Crippen molar-refractivity contribution in [3.63, 3.8) is 0 Å². The molecule has 0 aliphatic heterocycles. The molecule has 4 heteroatoms. The molecule has 0 saturated carbocycles. The summed E-state index contributed by atoms with van der Waals surface area (Å²) in [5, 5.41) is 19.3. The molecule has 1 N–H and O–H groups in total. The van der Waals surface area contributed by atoms with Gasteiger partial charge in [0.25, 0.3) is 0 Å². The van der Waals surface area contributed by atoms with Crippen LogP contribution in [-0.4, -0.2) is 17.5 Å². The van der Waals surface area contributed by atoms with Crippen molar-refractivity contribution in [2.75, 3.05) is 6.61 Å². The van der Waals surface area contributed by atoms with Gasteiger partial charge in [-0.25, -0.2) is 0 Å². The largest absolute Gasteiger partial charge is 0.507 e. The summed E-state index contributed by atoms with van der Waals surface area (Å²) in [6, 6.07) is 13.8. The lowest BCUT2D eigenvalue weighted by molar-refractivity contribution is 0.103. The number of hydrogen-bond acceptors (Lipinski definition) is 4. The number of aliphatic hydroxyl groups is 1. The third-order valence-electron chi connectivity index (χ3n) is 3.90. The number of benzene rings is 2. The molecule has 0 amide bonds. The summed E-state index contributed by atoms with van der Waals surface area (Å²) in [5.74, 6) is 0.442. The van der Waals surface area contributed by atoms with E-state index in [0.717, 1.165) is 5.56 Å². The van der Waals surface area contributed by atoms with Crippen molar-refractivity contribution in [3.8, 4) is 11.8 Å². The molecule has 0 heterocycles. The molecule has 3 rings (SSSR count). The molecule has 1 aliphatic rings. The topological polar surface area (TPSA) is 70.3 Å². The van der Waals surface area contributed by atoms with E-state index in [1.807, 2.05) is 12.1 Å². The minimum absolute atomic E-state index is 0.0470. The maximum Gasteiger partial charge on any atom is 0.193 e. The van der Waals surface area contributed by atoms with Crippen LogP contribution in [0.25, 0.3) is 5.76 Å². The predicted octanol–water partition coefficient (Wildman–Crippen LogP) is 3.83. The normalized spacial score (nSPS) is 14.7. The first-order valence-electron chi connectivity index (χ1n) is 7.48. The maximum atomic E-state index is 12.5. The number of fused-ring (bicyclic) bond motifs is 1. The van der Waals surface area contributed by atoms with Gasteiger partial charge >= 0.3 is 0 Å². The first-order chi connectivity index (χ1) is 11.6. The first-order valence-corrected chi connectivity index (χ1v) is 7.48. The van der Waals surface area contributed by atoms with Gasteiger partial charge in [0.15, 0.2) is 5.78 Å². The Kier molecular flexibility index (Phi) is 4.17. The molecular weight excluding hydrogens is 302 g/mol. The molecule has 0 atom stereocenters. The molecule has 2 aromatic carbocycles. The van der Waals surface area contributed by atoms with Crippen LogP contribution in [0.15, 0.2) is 60.7 Å². The SMILES string of the molecule is C=CCOc1ccc2c(c1)C/C(=C(/O)c1ccc(C#N)cc1)C2=O. The van der Waals surface area contributed by atoms with Gasteiger partial charge < -0.3 is 9.84 Å². The first kappa shape index (κ1) is 15.6. The van der Waals surface area contributed by atoms with Crippen molar-refractivity contribution in [3.05, 3.63) is 82.9 Å². The highest BCUT2D eigenvalue weighted by molar-refractivity contribution is 6.16. The predicted molar refractivity (Wildman–Crippen MR) is 90.9 cm³/mol. The summed E-state index contributed by atoms with van der Waals surface area (Å²) in [6.45, 7) is 4.00. The van der Waals surface area contributed by atoms with Gasteiger partial charge in [0.2, 0.25) is 0 Å². The highest BCUT2D eigenvalue weighted by atomic mass is 16.5. The highest BCUT2D eigenvalue weighted by Gasteiger charge is 2.28. The Morgan fingerprint density at radius 2 is 2.04 bits per heavy atom. The van der Waals surface area contributed by atoms with Gasteiger partial charge in [-0.1, -0.05) is 12.7 Å². The molecule has 0 radical (unpaired) electrons. The molecule has 2 aromatic rings. The zero-order valence-corrected chi connectivity index (χ0v) is 13.0. The summed E-state index contributed by atoms with van der Waals surface area (Å²) in [4.78, 5) is 12.5. The van der Waals surface area contributed by atoms with Gasteiger partial charge in [-0.15, -0.1) is 0 Å². The number of nitrogens with zero attached hydrogens (tertiary/aromatic N) is 1. The lowest BCUT2D eigenvalue weighted by Gasteiger charge is -2.04. The molecule has 0 bridgehead atoms. The molecule has 1 aliphatic carbocycles. The maximum absolute atomic E-state index is 12.5. The molecule has 0 unspecified atom stereocenters. The molecule has 0 fully saturated rings. The second-order valence-corrected chi connectivity index (χ2v) is 5.44. The summed E-state index contributed by atoms with van der Waals surface area (Å²) in [7, 11) is 0. The van der Waals surface area contributed by atoms with Crippen molar-refractivity contribution >= 4 is 11.5 Å². The number of aliphatic hydroxyl groups excluding tert-OH is 1. The second-order valence-electron chi connectivity index (χ2n) is 5.44. The van der Waals surface area contributed by atoms with E-state index >= 15 is 0 Å². The van der Waals surface area contributed by atoms with Crippen LogP contribution in [0.4, 0.5) is 0 Å². The van der Waals surface area contributed by atoms with Gasteiger partial charge in [-0.2, -0.15) is 5.26 Å². The molecule has 0 spiro atoms. The number of ketones is 1. The number of allylic oxidation sites excluding steroid dienone is 1. The number of carbonyl (C=O) groups is 1. The van der Waals surface area contributed by atoms with Gasteiger partial charge in [-0.05, 0) is 48.0 Å². The van der Waals surface area contributed by atoms with Crippen LogP contribution in [0.1, 0.15) is 27.0 Å². The van der Waals surface area contributed by atoms with Crippen LogP contribution in [0.2, 0.25) is 0 Å². The number of hydrogen-bond donors (Lipinski definition) is 1. The van der Waals surface area contributed by atoms with Crippen LogP contribution in [0.5, 0.6) is 5.75 Å². The average molecular weight is 317 g/mol. The van der Waals surface area contributed by atoms with E-state index in [9.17, 15) is 9.90 Å². The monoisotopic (exact) mass is 317 g/mol. The van der Waals surface area contributed by atoms with E-state index in [1.54, 1.807) is 42.5 Å². The van der Waals surface area contributed by atoms with E-state index in [4.69, 9.17) is 10.00 Å². The molecule has 0 saturated heterocycles. The van der Waals surface area contributed by atoms with Gasteiger partial charge in [-0.3, -0.25) is 4.79 Å². The average Bonchev–Trinajstić information content (AvgIpc) is 2.95.